The first-order valence-corrected chi connectivity index (χ1v) is 5.13. The van der Waals surface area contributed by atoms with Gasteiger partial charge in [0.15, 0.2) is 0 Å². The predicted molar refractivity (Wildman–Crippen MR) is 60.8 cm³/mol. The third kappa shape index (κ3) is 3.67. The molecule has 1 aromatic rings. The van der Waals surface area contributed by atoms with Crippen LogP contribution in [0.1, 0.15) is 13.3 Å². The van der Waals surface area contributed by atoms with Crippen molar-refractivity contribution in [3.63, 3.8) is 0 Å². The van der Waals surface area contributed by atoms with E-state index in [0.29, 0.717) is 6.42 Å². The molecular formula is C11H17N3O. The van der Waals surface area contributed by atoms with E-state index in [-0.39, 0.29) is 5.91 Å². The standard InChI is InChI=1S/C11H17N3O/c1-3-12-8-6-11(15)14(2)10-5-4-7-13-9-10/h4-5,7,9,12H,3,6,8H2,1-2H3. The van der Waals surface area contributed by atoms with E-state index >= 15 is 0 Å². The quantitative estimate of drug-likeness (QED) is 0.734. The van der Waals surface area contributed by atoms with Crippen LogP contribution in [0.3, 0.4) is 0 Å². The lowest BCUT2D eigenvalue weighted by Crippen LogP contribution is -2.29. The number of nitrogens with one attached hydrogen (secondary N) is 1. The van der Waals surface area contributed by atoms with Gasteiger partial charge in [0.1, 0.15) is 0 Å². The van der Waals surface area contributed by atoms with Crippen molar-refractivity contribution in [3.05, 3.63) is 24.5 Å². The number of nitrogens with zero attached hydrogens (tertiary/aromatic N) is 2. The number of rotatable bonds is 5. The monoisotopic (exact) mass is 207 g/mol. The molecule has 0 aliphatic rings. The first-order valence-electron chi connectivity index (χ1n) is 5.13. The summed E-state index contributed by atoms with van der Waals surface area (Å²) in [6, 6.07) is 3.70. The molecular weight excluding hydrogens is 190 g/mol. The zero-order chi connectivity index (χ0) is 11.1. The van der Waals surface area contributed by atoms with Gasteiger partial charge in [0, 0.05) is 26.2 Å². The number of carbonyl (C=O) groups is 1. The smallest absolute Gasteiger partial charge is 0.228 e. The maximum Gasteiger partial charge on any atom is 0.228 e. The molecule has 4 heteroatoms. The lowest BCUT2D eigenvalue weighted by atomic mass is 10.3. The highest BCUT2D eigenvalue weighted by molar-refractivity contribution is 5.92. The van der Waals surface area contributed by atoms with Gasteiger partial charge in [0.05, 0.1) is 11.9 Å². The predicted octanol–water partition coefficient (Wildman–Crippen LogP) is 1.04. The number of carbonyl (C=O) groups excluding carboxylic acids is 1. The van der Waals surface area contributed by atoms with Crippen LogP contribution in [-0.2, 0) is 4.79 Å². The van der Waals surface area contributed by atoms with Crippen molar-refractivity contribution in [2.24, 2.45) is 0 Å². The number of anilines is 1. The molecule has 1 amide bonds. The number of hydrogen-bond acceptors (Lipinski definition) is 3. The zero-order valence-electron chi connectivity index (χ0n) is 9.23. The number of hydrogen-bond donors (Lipinski definition) is 1. The molecule has 1 aromatic heterocycles. The third-order valence-electron chi connectivity index (χ3n) is 2.17. The Labute approximate surface area is 90.3 Å². The minimum Gasteiger partial charge on any atom is -0.316 e. The average molecular weight is 207 g/mol. The van der Waals surface area contributed by atoms with Crippen LogP contribution in [0.25, 0.3) is 0 Å². The van der Waals surface area contributed by atoms with Gasteiger partial charge in [-0.05, 0) is 18.7 Å². The molecule has 1 heterocycles. The summed E-state index contributed by atoms with van der Waals surface area (Å²) >= 11 is 0. The Morgan fingerprint density at radius 2 is 2.40 bits per heavy atom. The highest BCUT2D eigenvalue weighted by atomic mass is 16.2. The summed E-state index contributed by atoms with van der Waals surface area (Å²) in [5.41, 5.74) is 0.832. The van der Waals surface area contributed by atoms with Crippen LogP contribution in [-0.4, -0.2) is 31.0 Å². The van der Waals surface area contributed by atoms with Gasteiger partial charge in [-0.2, -0.15) is 0 Å². The van der Waals surface area contributed by atoms with Crippen LogP contribution in [0, 0.1) is 0 Å². The number of aromatic nitrogens is 1. The van der Waals surface area contributed by atoms with Crippen LogP contribution in [0.5, 0.6) is 0 Å². The molecule has 0 unspecified atom stereocenters. The van der Waals surface area contributed by atoms with Gasteiger partial charge >= 0.3 is 0 Å². The van der Waals surface area contributed by atoms with Crippen LogP contribution in [0.2, 0.25) is 0 Å². The highest BCUT2D eigenvalue weighted by Crippen LogP contribution is 2.09. The van der Waals surface area contributed by atoms with E-state index in [1.807, 2.05) is 19.1 Å². The van der Waals surface area contributed by atoms with E-state index in [9.17, 15) is 4.79 Å². The molecule has 15 heavy (non-hydrogen) atoms. The second-order valence-corrected chi connectivity index (χ2v) is 3.27. The molecule has 0 fully saturated rings. The van der Waals surface area contributed by atoms with E-state index in [1.165, 1.54) is 0 Å². The number of amides is 1. The Bertz CT molecular complexity index is 300. The molecule has 4 nitrogen and oxygen atoms in total. The Balaban J connectivity index is 2.46. The van der Waals surface area contributed by atoms with Gasteiger partial charge in [0.2, 0.25) is 5.91 Å². The summed E-state index contributed by atoms with van der Waals surface area (Å²) in [7, 11) is 1.77. The van der Waals surface area contributed by atoms with Crippen molar-refractivity contribution in [2.75, 3.05) is 25.0 Å². The second-order valence-electron chi connectivity index (χ2n) is 3.27. The normalized spacial score (nSPS) is 10.0. The van der Waals surface area contributed by atoms with Crippen molar-refractivity contribution in [1.82, 2.24) is 10.3 Å². The topological polar surface area (TPSA) is 45.2 Å². The molecule has 0 radical (unpaired) electrons. The van der Waals surface area contributed by atoms with Crippen LogP contribution in [0.4, 0.5) is 5.69 Å². The van der Waals surface area contributed by atoms with E-state index in [2.05, 4.69) is 10.3 Å². The van der Waals surface area contributed by atoms with Gasteiger partial charge < -0.3 is 10.2 Å². The lowest BCUT2D eigenvalue weighted by molar-refractivity contribution is -0.118. The van der Waals surface area contributed by atoms with Crippen LogP contribution in [0.15, 0.2) is 24.5 Å². The third-order valence-corrected chi connectivity index (χ3v) is 2.17. The maximum atomic E-state index is 11.7. The Morgan fingerprint density at radius 3 is 3.00 bits per heavy atom. The van der Waals surface area contributed by atoms with E-state index in [0.717, 1.165) is 18.8 Å². The van der Waals surface area contributed by atoms with Crippen molar-refractivity contribution >= 4 is 11.6 Å². The first-order chi connectivity index (χ1) is 7.25. The molecule has 0 saturated heterocycles. The van der Waals surface area contributed by atoms with E-state index < -0.39 is 0 Å². The largest absolute Gasteiger partial charge is 0.316 e. The Hall–Kier alpha value is -1.42. The molecule has 82 valence electrons. The van der Waals surface area contributed by atoms with Crippen molar-refractivity contribution in [2.45, 2.75) is 13.3 Å². The van der Waals surface area contributed by atoms with Crippen LogP contribution >= 0.6 is 0 Å². The van der Waals surface area contributed by atoms with Crippen molar-refractivity contribution in [3.8, 4) is 0 Å². The summed E-state index contributed by atoms with van der Waals surface area (Å²) in [6.07, 6.45) is 3.89. The summed E-state index contributed by atoms with van der Waals surface area (Å²) in [5.74, 6) is 0.101. The fourth-order valence-corrected chi connectivity index (χ4v) is 1.24. The molecule has 1 rings (SSSR count). The SMILES string of the molecule is CCNCCC(=O)N(C)c1cccnc1. The maximum absolute atomic E-state index is 11.7. The molecule has 0 aliphatic heterocycles. The van der Waals surface area contributed by atoms with Crippen molar-refractivity contribution in [1.29, 1.82) is 0 Å². The lowest BCUT2D eigenvalue weighted by Gasteiger charge is -2.16. The summed E-state index contributed by atoms with van der Waals surface area (Å²) in [6.45, 7) is 3.64. The average Bonchev–Trinajstić information content (AvgIpc) is 2.29. The van der Waals surface area contributed by atoms with Gasteiger partial charge in [0.25, 0.3) is 0 Å². The summed E-state index contributed by atoms with van der Waals surface area (Å²) in [4.78, 5) is 17.3. The second kappa shape index (κ2) is 6.14. The van der Waals surface area contributed by atoms with E-state index in [1.54, 1.807) is 24.3 Å². The number of pyridine rings is 1. The highest BCUT2D eigenvalue weighted by Gasteiger charge is 2.09. The molecule has 0 aromatic carbocycles. The molecule has 0 bridgehead atoms. The Morgan fingerprint density at radius 1 is 1.60 bits per heavy atom. The van der Waals surface area contributed by atoms with Gasteiger partial charge in [-0.3, -0.25) is 9.78 Å². The minimum absolute atomic E-state index is 0.101. The molecule has 0 saturated carbocycles. The van der Waals surface area contributed by atoms with Gasteiger partial charge in [-0.1, -0.05) is 6.92 Å². The fraction of sp³-hybridized carbons (Fsp3) is 0.455. The Kier molecular flexibility index (Phi) is 4.77. The van der Waals surface area contributed by atoms with Gasteiger partial charge in [-0.15, -0.1) is 0 Å². The van der Waals surface area contributed by atoms with Gasteiger partial charge in [-0.25, -0.2) is 0 Å². The summed E-state index contributed by atoms with van der Waals surface area (Å²) in [5, 5.41) is 3.12. The minimum atomic E-state index is 0.101. The molecule has 0 atom stereocenters. The first kappa shape index (κ1) is 11.7. The molecule has 0 spiro atoms. The van der Waals surface area contributed by atoms with Crippen molar-refractivity contribution < 1.29 is 4.79 Å². The zero-order valence-corrected chi connectivity index (χ0v) is 9.23. The molecule has 0 aliphatic carbocycles. The van der Waals surface area contributed by atoms with E-state index in [4.69, 9.17) is 0 Å². The summed E-state index contributed by atoms with van der Waals surface area (Å²) < 4.78 is 0. The van der Waals surface area contributed by atoms with Crippen LogP contribution < -0.4 is 10.2 Å². The molecule has 1 N–H and O–H groups in total. The fourth-order valence-electron chi connectivity index (χ4n) is 1.24.